The number of hydrogen-bond acceptors (Lipinski definition) is 8. The third-order valence-electron chi connectivity index (χ3n) is 9.00. The van der Waals surface area contributed by atoms with E-state index in [0.717, 1.165) is 57.4 Å². The van der Waals surface area contributed by atoms with Crippen LogP contribution in [0.25, 0.3) is 44.6 Å². The van der Waals surface area contributed by atoms with Gasteiger partial charge in [-0.1, -0.05) is 65.7 Å². The Hall–Kier alpha value is -4.48. The number of ether oxygens (including phenoxy) is 1. The fraction of sp³-hybridized carbons (Fsp3) is 0.297. The van der Waals surface area contributed by atoms with Gasteiger partial charge < -0.3 is 30.4 Å². The van der Waals surface area contributed by atoms with Crippen LogP contribution in [0.3, 0.4) is 0 Å². The van der Waals surface area contributed by atoms with E-state index in [2.05, 4.69) is 26.3 Å². The van der Waals surface area contributed by atoms with Crippen LogP contribution < -0.4 is 26.0 Å². The van der Waals surface area contributed by atoms with E-state index in [4.69, 9.17) is 37.3 Å². The predicted octanol–water partition coefficient (Wildman–Crippen LogP) is 6.28. The van der Waals surface area contributed by atoms with Crippen LogP contribution in [0.5, 0.6) is 5.88 Å². The van der Waals surface area contributed by atoms with Gasteiger partial charge in [-0.05, 0) is 31.0 Å². The number of carbonyl (C=O) groups is 2. The SMILES string of the molecule is COc1nc(-c2cccc(-c3cccc(-c4cnc5oc(CNC[C@H]6CCC(=O)N6)cc5c4)c3Cl)c2Cl)ccc1CNC[C@@H]1CCC(=O)N1. The minimum atomic E-state index is 0.0995. The number of rotatable bonds is 12. The lowest BCUT2D eigenvalue weighted by Gasteiger charge is -2.15. The second-order valence-electron chi connectivity index (χ2n) is 12.4. The number of amides is 2. The van der Waals surface area contributed by atoms with E-state index in [-0.39, 0.29) is 23.9 Å². The van der Waals surface area contributed by atoms with Crippen LogP contribution in [0, 0.1) is 0 Å². The number of hydrogen-bond donors (Lipinski definition) is 4. The molecule has 0 bridgehead atoms. The van der Waals surface area contributed by atoms with E-state index < -0.39 is 0 Å². The van der Waals surface area contributed by atoms with Crippen molar-refractivity contribution in [2.24, 2.45) is 0 Å². The van der Waals surface area contributed by atoms with Crippen molar-refractivity contribution in [2.45, 2.75) is 50.9 Å². The van der Waals surface area contributed by atoms with E-state index in [1.165, 1.54) is 0 Å². The summed E-state index contributed by atoms with van der Waals surface area (Å²) in [5, 5.41) is 14.6. The topological polar surface area (TPSA) is 130 Å². The molecule has 0 radical (unpaired) electrons. The molecule has 2 aromatic carbocycles. The standard InChI is InChI=1S/C37H36Cl2N6O4/c1-48-37-21(16-40-18-24-9-12-32(46)43-24)8-11-31(45-37)30-7-3-6-29(35(30)39)28-5-2-4-27(34(28)38)23-14-22-15-26(49-36(22)42-17-23)20-41-19-25-10-13-33(47)44-25/h2-8,11,14-15,17,24-25,40-41H,9-10,12-13,16,18-20H2,1H3,(H,43,46)(H,44,47)/t24-,25+/m0/s1. The van der Waals surface area contributed by atoms with Crippen LogP contribution in [0.1, 0.15) is 37.0 Å². The molecule has 0 spiro atoms. The number of nitrogens with zero attached hydrogens (tertiary/aromatic N) is 2. The zero-order valence-electron chi connectivity index (χ0n) is 26.9. The molecule has 0 saturated carbocycles. The molecule has 0 unspecified atom stereocenters. The molecule has 10 nitrogen and oxygen atoms in total. The summed E-state index contributed by atoms with van der Waals surface area (Å²) >= 11 is 14.2. The molecule has 252 valence electrons. The van der Waals surface area contributed by atoms with Gasteiger partial charge in [0.2, 0.25) is 23.4 Å². The minimum Gasteiger partial charge on any atom is -0.481 e. The lowest BCUT2D eigenvalue weighted by atomic mass is 9.97. The van der Waals surface area contributed by atoms with Gasteiger partial charge in [-0.2, -0.15) is 0 Å². The van der Waals surface area contributed by atoms with Gasteiger partial charge in [-0.3, -0.25) is 9.59 Å². The molecule has 12 heteroatoms. The fourth-order valence-corrected chi connectivity index (χ4v) is 7.12. The Kier molecular flexibility index (Phi) is 9.81. The van der Waals surface area contributed by atoms with Crippen LogP contribution in [0.4, 0.5) is 0 Å². The summed E-state index contributed by atoms with van der Waals surface area (Å²) in [7, 11) is 1.60. The summed E-state index contributed by atoms with van der Waals surface area (Å²) in [6.45, 7) is 2.45. The molecule has 49 heavy (non-hydrogen) atoms. The lowest BCUT2D eigenvalue weighted by Crippen LogP contribution is -2.35. The van der Waals surface area contributed by atoms with Crippen molar-refractivity contribution in [3.05, 3.63) is 88.2 Å². The maximum absolute atomic E-state index is 11.5. The van der Waals surface area contributed by atoms with Crippen molar-refractivity contribution in [2.75, 3.05) is 20.2 Å². The molecule has 2 aliphatic heterocycles. The number of fused-ring (bicyclic) bond motifs is 1. The molecule has 4 N–H and O–H groups in total. The molecule has 5 aromatic rings. The van der Waals surface area contributed by atoms with Gasteiger partial charge in [0.05, 0.1) is 29.4 Å². The average Bonchev–Trinajstić information content (AvgIpc) is 3.84. The van der Waals surface area contributed by atoms with Crippen LogP contribution >= 0.6 is 23.2 Å². The largest absolute Gasteiger partial charge is 0.481 e. The second kappa shape index (κ2) is 14.6. The van der Waals surface area contributed by atoms with E-state index in [1.54, 1.807) is 13.3 Å². The summed E-state index contributed by atoms with van der Waals surface area (Å²) in [5.41, 5.74) is 6.12. The van der Waals surface area contributed by atoms with Crippen LogP contribution in [0.2, 0.25) is 10.0 Å². The number of carbonyl (C=O) groups excluding carboxylic acids is 2. The summed E-state index contributed by atoms with van der Waals surface area (Å²) < 4.78 is 11.6. The Morgan fingerprint density at radius 1 is 0.837 bits per heavy atom. The quantitative estimate of drug-likeness (QED) is 0.120. The summed E-state index contributed by atoms with van der Waals surface area (Å²) in [4.78, 5) is 32.3. The molecule has 2 amide bonds. The Morgan fingerprint density at radius 2 is 1.47 bits per heavy atom. The van der Waals surface area contributed by atoms with Gasteiger partial charge in [0, 0.05) is 89.5 Å². The van der Waals surface area contributed by atoms with Crippen molar-refractivity contribution in [3.63, 3.8) is 0 Å². The monoisotopic (exact) mass is 698 g/mol. The molecule has 2 aliphatic rings. The van der Waals surface area contributed by atoms with E-state index >= 15 is 0 Å². The number of benzene rings is 2. The maximum atomic E-state index is 11.5. The van der Waals surface area contributed by atoms with E-state index in [9.17, 15) is 9.59 Å². The molecule has 2 saturated heterocycles. The first-order chi connectivity index (χ1) is 23.9. The van der Waals surface area contributed by atoms with Crippen molar-refractivity contribution in [1.82, 2.24) is 31.2 Å². The minimum absolute atomic E-state index is 0.0995. The number of nitrogens with one attached hydrogen (secondary N) is 4. The maximum Gasteiger partial charge on any atom is 0.226 e. The van der Waals surface area contributed by atoms with Crippen molar-refractivity contribution < 1.29 is 18.7 Å². The van der Waals surface area contributed by atoms with Gasteiger partial charge in [-0.15, -0.1) is 0 Å². The molecule has 7 rings (SSSR count). The molecular weight excluding hydrogens is 663 g/mol. The third-order valence-corrected chi connectivity index (χ3v) is 9.81. The Labute approximate surface area is 293 Å². The zero-order chi connectivity index (χ0) is 33.9. The van der Waals surface area contributed by atoms with Crippen molar-refractivity contribution in [3.8, 4) is 39.4 Å². The Morgan fingerprint density at radius 3 is 2.12 bits per heavy atom. The second-order valence-corrected chi connectivity index (χ2v) is 13.2. The highest BCUT2D eigenvalue weighted by Gasteiger charge is 2.22. The van der Waals surface area contributed by atoms with Crippen molar-refractivity contribution in [1.29, 1.82) is 0 Å². The van der Waals surface area contributed by atoms with Crippen LogP contribution in [-0.2, 0) is 22.7 Å². The van der Waals surface area contributed by atoms with Crippen LogP contribution in [0.15, 0.2) is 71.3 Å². The Bertz CT molecular complexity index is 2030. The average molecular weight is 700 g/mol. The fourth-order valence-electron chi connectivity index (χ4n) is 6.46. The highest BCUT2D eigenvalue weighted by Crippen LogP contribution is 2.42. The zero-order valence-corrected chi connectivity index (χ0v) is 28.5. The first-order valence-corrected chi connectivity index (χ1v) is 17.1. The predicted molar refractivity (Wildman–Crippen MR) is 190 cm³/mol. The molecule has 2 fully saturated rings. The smallest absolute Gasteiger partial charge is 0.226 e. The van der Waals surface area contributed by atoms with Gasteiger partial charge in [0.25, 0.3) is 0 Å². The van der Waals surface area contributed by atoms with E-state index in [0.29, 0.717) is 66.4 Å². The number of aromatic nitrogens is 2. The third kappa shape index (κ3) is 7.28. The molecular formula is C37H36Cl2N6O4. The van der Waals surface area contributed by atoms with Crippen LogP contribution in [-0.4, -0.2) is 54.1 Å². The highest BCUT2D eigenvalue weighted by molar-refractivity contribution is 6.39. The first kappa shape index (κ1) is 33.0. The number of halogens is 2. The number of furan rings is 1. The van der Waals surface area contributed by atoms with Gasteiger partial charge in [0.15, 0.2) is 0 Å². The molecule has 3 aromatic heterocycles. The van der Waals surface area contributed by atoms with Crippen molar-refractivity contribution >= 4 is 46.1 Å². The molecule has 2 atom stereocenters. The normalized spacial score (nSPS) is 17.4. The Balaban J connectivity index is 1.09. The molecule has 5 heterocycles. The summed E-state index contributed by atoms with van der Waals surface area (Å²) in [6, 6.07) is 19.9. The highest BCUT2D eigenvalue weighted by atomic mass is 35.5. The van der Waals surface area contributed by atoms with Gasteiger partial charge >= 0.3 is 0 Å². The molecule has 0 aliphatic carbocycles. The van der Waals surface area contributed by atoms with E-state index in [1.807, 2.05) is 60.7 Å². The van der Waals surface area contributed by atoms with Gasteiger partial charge in [0.1, 0.15) is 5.76 Å². The lowest BCUT2D eigenvalue weighted by molar-refractivity contribution is -0.120. The van der Waals surface area contributed by atoms with Gasteiger partial charge in [-0.25, -0.2) is 9.97 Å². The summed E-state index contributed by atoms with van der Waals surface area (Å²) in [6.07, 6.45) is 4.59. The number of pyridine rings is 2. The number of methoxy groups -OCH3 is 1. The first-order valence-electron chi connectivity index (χ1n) is 16.4. The summed E-state index contributed by atoms with van der Waals surface area (Å²) in [5.74, 6) is 1.47.